The molecule has 27 heavy (non-hydrogen) atoms. The van der Waals surface area contributed by atoms with Crippen LogP contribution in [0.3, 0.4) is 0 Å². The van der Waals surface area contributed by atoms with Gasteiger partial charge >= 0.3 is 0 Å². The number of aryl methyl sites for hydroxylation is 1. The monoisotopic (exact) mass is 426 g/mol. The maximum absolute atomic E-state index is 12.7. The SMILES string of the molecule is CCc1cccc(NC(=O)C(CCSC)NS(=O)(=O)c2ccc(Cl)cc2)c1. The predicted octanol–water partition coefficient (Wildman–Crippen LogP) is 3.94. The Morgan fingerprint density at radius 2 is 1.89 bits per heavy atom. The fourth-order valence-electron chi connectivity index (χ4n) is 2.45. The summed E-state index contributed by atoms with van der Waals surface area (Å²) in [5, 5.41) is 3.26. The summed E-state index contributed by atoms with van der Waals surface area (Å²) in [5.41, 5.74) is 1.74. The summed E-state index contributed by atoms with van der Waals surface area (Å²) in [6.45, 7) is 2.03. The number of carbonyl (C=O) groups excluding carboxylic acids is 1. The van der Waals surface area contributed by atoms with E-state index in [-0.39, 0.29) is 10.8 Å². The van der Waals surface area contributed by atoms with Crippen LogP contribution in [0.4, 0.5) is 5.69 Å². The van der Waals surface area contributed by atoms with E-state index in [2.05, 4.69) is 10.0 Å². The molecule has 2 aromatic rings. The molecule has 0 bridgehead atoms. The van der Waals surface area contributed by atoms with Crippen molar-refractivity contribution in [2.75, 3.05) is 17.3 Å². The van der Waals surface area contributed by atoms with E-state index >= 15 is 0 Å². The van der Waals surface area contributed by atoms with Gasteiger partial charge in [0.25, 0.3) is 0 Å². The molecule has 2 rings (SSSR count). The first-order valence-electron chi connectivity index (χ1n) is 8.52. The Kier molecular flexibility index (Phi) is 8.16. The number of sulfonamides is 1. The van der Waals surface area contributed by atoms with Gasteiger partial charge in [-0.2, -0.15) is 16.5 Å². The lowest BCUT2D eigenvalue weighted by atomic mass is 10.1. The second-order valence-corrected chi connectivity index (χ2v) is 9.09. The fraction of sp³-hybridized carbons (Fsp3) is 0.316. The summed E-state index contributed by atoms with van der Waals surface area (Å²) in [7, 11) is -3.84. The maximum Gasteiger partial charge on any atom is 0.242 e. The van der Waals surface area contributed by atoms with Crippen molar-refractivity contribution < 1.29 is 13.2 Å². The summed E-state index contributed by atoms with van der Waals surface area (Å²) < 4.78 is 27.8. The Balaban J connectivity index is 2.17. The van der Waals surface area contributed by atoms with Gasteiger partial charge in [0.15, 0.2) is 0 Å². The van der Waals surface area contributed by atoms with Crippen LogP contribution in [-0.4, -0.2) is 32.4 Å². The second kappa shape index (κ2) is 10.1. The van der Waals surface area contributed by atoms with Crippen LogP contribution in [-0.2, 0) is 21.2 Å². The molecule has 5 nitrogen and oxygen atoms in total. The van der Waals surface area contributed by atoms with Crippen LogP contribution in [0, 0.1) is 0 Å². The molecule has 0 aliphatic rings. The molecule has 0 spiro atoms. The van der Waals surface area contributed by atoms with Crippen LogP contribution >= 0.6 is 23.4 Å². The van der Waals surface area contributed by atoms with Gasteiger partial charge in [-0.05, 0) is 66.8 Å². The van der Waals surface area contributed by atoms with Gasteiger partial charge in [-0.25, -0.2) is 8.42 Å². The third kappa shape index (κ3) is 6.53. The number of thioether (sulfide) groups is 1. The van der Waals surface area contributed by atoms with Gasteiger partial charge in [-0.15, -0.1) is 0 Å². The molecule has 1 amide bonds. The van der Waals surface area contributed by atoms with Crippen molar-refractivity contribution in [1.29, 1.82) is 0 Å². The second-order valence-electron chi connectivity index (χ2n) is 5.95. The van der Waals surface area contributed by atoms with Gasteiger partial charge in [0.1, 0.15) is 6.04 Å². The number of halogens is 1. The maximum atomic E-state index is 12.7. The molecule has 146 valence electrons. The quantitative estimate of drug-likeness (QED) is 0.636. The lowest BCUT2D eigenvalue weighted by Gasteiger charge is -2.18. The van der Waals surface area contributed by atoms with Crippen LogP contribution < -0.4 is 10.0 Å². The van der Waals surface area contributed by atoms with Gasteiger partial charge in [0, 0.05) is 10.7 Å². The highest BCUT2D eigenvalue weighted by Gasteiger charge is 2.25. The highest BCUT2D eigenvalue weighted by atomic mass is 35.5. The van der Waals surface area contributed by atoms with E-state index < -0.39 is 16.1 Å². The van der Waals surface area contributed by atoms with Gasteiger partial charge in [0.2, 0.25) is 15.9 Å². The summed E-state index contributed by atoms with van der Waals surface area (Å²) >= 11 is 7.37. The van der Waals surface area contributed by atoms with Gasteiger partial charge in [0.05, 0.1) is 4.90 Å². The highest BCUT2D eigenvalue weighted by molar-refractivity contribution is 7.98. The zero-order chi connectivity index (χ0) is 19.9. The molecule has 0 heterocycles. The van der Waals surface area contributed by atoms with Crippen molar-refractivity contribution >= 4 is 45.0 Å². The van der Waals surface area contributed by atoms with Crippen molar-refractivity contribution in [3.8, 4) is 0 Å². The zero-order valence-electron chi connectivity index (χ0n) is 15.2. The smallest absolute Gasteiger partial charge is 0.242 e. The minimum absolute atomic E-state index is 0.0711. The van der Waals surface area contributed by atoms with Crippen molar-refractivity contribution in [2.45, 2.75) is 30.7 Å². The van der Waals surface area contributed by atoms with Crippen molar-refractivity contribution in [2.24, 2.45) is 0 Å². The van der Waals surface area contributed by atoms with E-state index in [1.54, 1.807) is 17.8 Å². The van der Waals surface area contributed by atoms with Crippen LogP contribution in [0.1, 0.15) is 18.9 Å². The molecule has 0 aliphatic heterocycles. The van der Waals surface area contributed by atoms with Crippen molar-refractivity contribution in [3.63, 3.8) is 0 Å². The Morgan fingerprint density at radius 3 is 2.52 bits per heavy atom. The number of anilines is 1. The predicted molar refractivity (Wildman–Crippen MR) is 113 cm³/mol. The normalized spacial score (nSPS) is 12.6. The first-order valence-corrected chi connectivity index (χ1v) is 11.8. The Hall–Kier alpha value is -1.54. The van der Waals surface area contributed by atoms with E-state index in [1.807, 2.05) is 31.4 Å². The average Bonchev–Trinajstić information content (AvgIpc) is 2.65. The number of nitrogens with one attached hydrogen (secondary N) is 2. The summed E-state index contributed by atoms with van der Waals surface area (Å²) in [4.78, 5) is 12.8. The van der Waals surface area contributed by atoms with E-state index in [9.17, 15) is 13.2 Å². The summed E-state index contributed by atoms with van der Waals surface area (Å²) in [6, 6.07) is 12.5. The Morgan fingerprint density at radius 1 is 1.19 bits per heavy atom. The van der Waals surface area contributed by atoms with E-state index in [0.29, 0.717) is 22.9 Å². The standard InChI is InChI=1S/C19H23ClN2O3S2/c1-3-14-5-4-6-16(13-14)21-19(23)18(11-12-26-2)22-27(24,25)17-9-7-15(20)8-10-17/h4-10,13,18,22H,3,11-12H2,1-2H3,(H,21,23). The minimum atomic E-state index is -3.84. The lowest BCUT2D eigenvalue weighted by molar-refractivity contribution is -0.117. The van der Waals surface area contributed by atoms with Gasteiger partial charge in [-0.1, -0.05) is 30.7 Å². The molecule has 8 heteroatoms. The van der Waals surface area contributed by atoms with E-state index in [1.165, 1.54) is 24.3 Å². The highest BCUT2D eigenvalue weighted by Crippen LogP contribution is 2.16. The first-order chi connectivity index (χ1) is 12.9. The topological polar surface area (TPSA) is 75.3 Å². The van der Waals surface area contributed by atoms with E-state index in [0.717, 1.165) is 12.0 Å². The molecule has 1 unspecified atom stereocenters. The molecular weight excluding hydrogens is 404 g/mol. The van der Waals surface area contributed by atoms with Crippen LogP contribution in [0.25, 0.3) is 0 Å². The molecule has 0 saturated carbocycles. The van der Waals surface area contributed by atoms with Crippen LogP contribution in [0.15, 0.2) is 53.4 Å². The largest absolute Gasteiger partial charge is 0.325 e. The molecule has 2 N–H and O–H groups in total. The van der Waals surface area contributed by atoms with Crippen LogP contribution in [0.5, 0.6) is 0 Å². The number of benzene rings is 2. The third-order valence-electron chi connectivity index (χ3n) is 3.95. The fourth-order valence-corrected chi connectivity index (χ4v) is 4.27. The molecule has 0 aliphatic carbocycles. The van der Waals surface area contributed by atoms with Gasteiger partial charge < -0.3 is 5.32 Å². The number of amides is 1. The number of carbonyl (C=O) groups is 1. The third-order valence-corrected chi connectivity index (χ3v) is 6.33. The number of rotatable bonds is 9. The van der Waals surface area contributed by atoms with Crippen molar-refractivity contribution in [1.82, 2.24) is 4.72 Å². The van der Waals surface area contributed by atoms with Crippen molar-refractivity contribution in [3.05, 3.63) is 59.1 Å². The Labute approximate surface area is 169 Å². The molecule has 0 fully saturated rings. The lowest BCUT2D eigenvalue weighted by Crippen LogP contribution is -2.44. The number of hydrogen-bond acceptors (Lipinski definition) is 4. The number of hydrogen-bond donors (Lipinski definition) is 2. The molecule has 0 aromatic heterocycles. The molecule has 2 aromatic carbocycles. The zero-order valence-corrected chi connectivity index (χ0v) is 17.6. The molecule has 0 saturated heterocycles. The molecule has 1 atom stereocenters. The van der Waals surface area contributed by atoms with Crippen LogP contribution in [0.2, 0.25) is 5.02 Å². The van der Waals surface area contributed by atoms with E-state index in [4.69, 9.17) is 11.6 Å². The Bertz CT molecular complexity index is 871. The summed E-state index contributed by atoms with van der Waals surface area (Å²) in [5.74, 6) is 0.269. The molecule has 0 radical (unpaired) electrons. The minimum Gasteiger partial charge on any atom is -0.325 e. The molecular formula is C19H23ClN2O3S2. The van der Waals surface area contributed by atoms with Gasteiger partial charge in [-0.3, -0.25) is 4.79 Å². The average molecular weight is 427 g/mol. The first kappa shape index (κ1) is 21.8. The summed E-state index contributed by atoms with van der Waals surface area (Å²) in [6.07, 6.45) is 3.14.